The molecular weight excluding hydrogens is 253 g/mol. The van der Waals surface area contributed by atoms with Crippen molar-refractivity contribution in [1.82, 2.24) is 0 Å². The summed E-state index contributed by atoms with van der Waals surface area (Å²) in [6.45, 7) is 0. The number of phenols is 1. The lowest BCUT2D eigenvalue weighted by Crippen LogP contribution is -1.98. The molecule has 0 saturated carbocycles. The summed E-state index contributed by atoms with van der Waals surface area (Å²) < 4.78 is 41.6. The van der Waals surface area contributed by atoms with Crippen LogP contribution in [0.2, 0.25) is 0 Å². The monoisotopic (exact) mass is 260 g/mol. The summed E-state index contributed by atoms with van der Waals surface area (Å²) >= 11 is -0.232. The average Bonchev–Trinajstić information content (AvgIpc) is 2.72. The topological polar surface area (TPSA) is 33.4 Å². The maximum Gasteiger partial charge on any atom is 0.446 e. The predicted molar refractivity (Wildman–Crippen MR) is 57.7 cm³/mol. The third-order valence-corrected chi connectivity index (χ3v) is 2.71. The maximum absolute atomic E-state index is 12.2. The zero-order valence-corrected chi connectivity index (χ0v) is 9.18. The molecule has 0 saturated heterocycles. The highest BCUT2D eigenvalue weighted by molar-refractivity contribution is 8.00. The van der Waals surface area contributed by atoms with Crippen LogP contribution in [-0.2, 0) is 0 Å². The zero-order valence-electron chi connectivity index (χ0n) is 8.36. The van der Waals surface area contributed by atoms with Gasteiger partial charge in [0.25, 0.3) is 0 Å². The second kappa shape index (κ2) is 4.37. The molecule has 1 aromatic heterocycles. The van der Waals surface area contributed by atoms with Crippen molar-refractivity contribution in [3.05, 3.63) is 36.6 Å². The van der Waals surface area contributed by atoms with E-state index in [0.717, 1.165) is 0 Å². The summed E-state index contributed by atoms with van der Waals surface area (Å²) in [7, 11) is 0. The van der Waals surface area contributed by atoms with E-state index in [2.05, 4.69) is 0 Å². The van der Waals surface area contributed by atoms with E-state index in [0.29, 0.717) is 5.76 Å². The molecule has 0 fully saturated rings. The number of furan rings is 1. The van der Waals surface area contributed by atoms with Gasteiger partial charge in [-0.3, -0.25) is 0 Å². The number of thioether (sulfide) groups is 1. The van der Waals surface area contributed by atoms with E-state index >= 15 is 0 Å². The van der Waals surface area contributed by atoms with Crippen molar-refractivity contribution in [3.8, 4) is 17.1 Å². The number of hydrogen-bond acceptors (Lipinski definition) is 3. The van der Waals surface area contributed by atoms with E-state index in [9.17, 15) is 18.3 Å². The second-order valence-corrected chi connectivity index (χ2v) is 4.34. The Morgan fingerprint density at radius 3 is 2.53 bits per heavy atom. The summed E-state index contributed by atoms with van der Waals surface area (Å²) in [5.74, 6) is 0.207. The molecule has 0 bridgehead atoms. The van der Waals surface area contributed by atoms with E-state index < -0.39 is 5.51 Å². The molecule has 1 aromatic carbocycles. The maximum atomic E-state index is 12.2. The van der Waals surface area contributed by atoms with E-state index in [1.54, 1.807) is 12.1 Å². The van der Waals surface area contributed by atoms with Crippen molar-refractivity contribution < 1.29 is 22.7 Å². The Balaban J connectivity index is 2.37. The summed E-state index contributed by atoms with van der Waals surface area (Å²) in [5, 5.41) is 9.55. The standard InChI is InChI=1S/C11H7F3O2S/c12-11(13,14)17-7-3-4-9(15)8(6-7)10-2-1-5-16-10/h1-6,15H. The molecule has 0 aliphatic rings. The van der Waals surface area contributed by atoms with Crippen LogP contribution in [0.1, 0.15) is 0 Å². The third-order valence-electron chi connectivity index (χ3n) is 1.99. The quantitative estimate of drug-likeness (QED) is 0.819. The molecule has 90 valence electrons. The van der Waals surface area contributed by atoms with Crippen molar-refractivity contribution in [2.45, 2.75) is 10.4 Å². The Hall–Kier alpha value is -1.56. The van der Waals surface area contributed by atoms with E-state index in [-0.39, 0.29) is 28.0 Å². The molecule has 0 aliphatic carbocycles. The highest BCUT2D eigenvalue weighted by Gasteiger charge is 2.29. The highest BCUT2D eigenvalue weighted by Crippen LogP contribution is 2.40. The van der Waals surface area contributed by atoms with Crippen LogP contribution in [0.25, 0.3) is 11.3 Å². The average molecular weight is 260 g/mol. The first-order valence-electron chi connectivity index (χ1n) is 4.58. The number of benzene rings is 1. The van der Waals surface area contributed by atoms with E-state index in [1.165, 1.54) is 24.5 Å². The molecule has 2 nitrogen and oxygen atoms in total. The van der Waals surface area contributed by atoms with Gasteiger partial charge in [-0.15, -0.1) is 0 Å². The fourth-order valence-electron chi connectivity index (χ4n) is 1.34. The molecular formula is C11H7F3O2S. The SMILES string of the molecule is Oc1ccc(SC(F)(F)F)cc1-c1ccco1. The van der Waals surface area contributed by atoms with Crippen molar-refractivity contribution in [1.29, 1.82) is 0 Å². The molecule has 0 unspecified atom stereocenters. The molecule has 0 radical (unpaired) electrons. The lowest BCUT2D eigenvalue weighted by Gasteiger charge is -2.07. The minimum Gasteiger partial charge on any atom is -0.507 e. The molecule has 2 aromatic rings. The summed E-state index contributed by atoms with van der Waals surface area (Å²) in [6, 6.07) is 6.83. The Kier molecular flexibility index (Phi) is 3.06. The van der Waals surface area contributed by atoms with Gasteiger partial charge < -0.3 is 9.52 Å². The van der Waals surface area contributed by atoms with Crippen molar-refractivity contribution >= 4 is 11.8 Å². The van der Waals surface area contributed by atoms with Crippen LogP contribution in [0.15, 0.2) is 45.9 Å². The van der Waals surface area contributed by atoms with Crippen LogP contribution in [0.4, 0.5) is 13.2 Å². The Labute approximate surface area is 99.1 Å². The van der Waals surface area contributed by atoms with Crippen LogP contribution in [-0.4, -0.2) is 10.6 Å². The fourth-order valence-corrected chi connectivity index (χ4v) is 1.92. The van der Waals surface area contributed by atoms with Gasteiger partial charge in [0, 0.05) is 4.90 Å². The van der Waals surface area contributed by atoms with E-state index in [1.807, 2.05) is 0 Å². The second-order valence-electron chi connectivity index (χ2n) is 3.20. The largest absolute Gasteiger partial charge is 0.507 e. The van der Waals surface area contributed by atoms with Crippen LogP contribution in [0.5, 0.6) is 5.75 Å². The number of halogens is 3. The first-order chi connectivity index (χ1) is 7.96. The molecule has 0 spiro atoms. The molecule has 0 atom stereocenters. The highest BCUT2D eigenvalue weighted by atomic mass is 32.2. The van der Waals surface area contributed by atoms with Crippen LogP contribution < -0.4 is 0 Å². The number of aromatic hydroxyl groups is 1. The summed E-state index contributed by atoms with van der Waals surface area (Å²) in [6.07, 6.45) is 1.39. The van der Waals surface area contributed by atoms with Gasteiger partial charge in [-0.05, 0) is 42.1 Å². The van der Waals surface area contributed by atoms with Crippen molar-refractivity contribution in [2.75, 3.05) is 0 Å². The normalized spacial score (nSPS) is 11.7. The minimum atomic E-state index is -4.35. The van der Waals surface area contributed by atoms with Gasteiger partial charge in [-0.1, -0.05) is 0 Å². The van der Waals surface area contributed by atoms with Crippen LogP contribution >= 0.6 is 11.8 Å². The summed E-state index contributed by atoms with van der Waals surface area (Å²) in [5.41, 5.74) is -4.11. The molecule has 2 rings (SSSR count). The van der Waals surface area contributed by atoms with Gasteiger partial charge in [0.2, 0.25) is 0 Å². The van der Waals surface area contributed by atoms with Gasteiger partial charge in [-0.25, -0.2) is 0 Å². The number of phenolic OH excluding ortho intramolecular Hbond substituents is 1. The van der Waals surface area contributed by atoms with Crippen molar-refractivity contribution in [2.24, 2.45) is 0 Å². The lowest BCUT2D eigenvalue weighted by molar-refractivity contribution is -0.0328. The first-order valence-corrected chi connectivity index (χ1v) is 5.40. The van der Waals surface area contributed by atoms with Gasteiger partial charge in [0.1, 0.15) is 11.5 Å². The van der Waals surface area contributed by atoms with Gasteiger partial charge in [-0.2, -0.15) is 13.2 Å². The van der Waals surface area contributed by atoms with Gasteiger partial charge in [0.15, 0.2) is 0 Å². The lowest BCUT2D eigenvalue weighted by atomic mass is 10.1. The first kappa shape index (κ1) is 11.9. The van der Waals surface area contributed by atoms with Crippen LogP contribution in [0.3, 0.4) is 0 Å². The molecule has 1 heterocycles. The molecule has 1 N–H and O–H groups in total. The van der Waals surface area contributed by atoms with Crippen LogP contribution in [0, 0.1) is 0 Å². The molecule has 17 heavy (non-hydrogen) atoms. The Morgan fingerprint density at radius 1 is 1.18 bits per heavy atom. The molecule has 6 heteroatoms. The third kappa shape index (κ3) is 2.97. The summed E-state index contributed by atoms with van der Waals surface area (Å²) in [4.78, 5) is 0.00157. The predicted octanol–water partition coefficient (Wildman–Crippen LogP) is 4.26. The number of hydrogen-bond donors (Lipinski definition) is 1. The molecule has 0 amide bonds. The number of alkyl halides is 3. The minimum absolute atomic E-state index is 0.00157. The fraction of sp³-hybridized carbons (Fsp3) is 0.0909. The smallest absolute Gasteiger partial charge is 0.446 e. The van der Waals surface area contributed by atoms with E-state index in [4.69, 9.17) is 4.42 Å². The molecule has 0 aliphatic heterocycles. The zero-order chi connectivity index (χ0) is 12.5. The Bertz CT molecular complexity index is 506. The van der Waals surface area contributed by atoms with Gasteiger partial charge >= 0.3 is 5.51 Å². The van der Waals surface area contributed by atoms with Crippen molar-refractivity contribution in [3.63, 3.8) is 0 Å². The van der Waals surface area contributed by atoms with Gasteiger partial charge in [0.05, 0.1) is 11.8 Å². The Morgan fingerprint density at radius 2 is 1.94 bits per heavy atom. The number of rotatable bonds is 2.